The Morgan fingerprint density at radius 2 is 1.97 bits per heavy atom. The zero-order valence-corrected chi connectivity index (χ0v) is 16.1. The summed E-state index contributed by atoms with van der Waals surface area (Å²) in [4.78, 5) is 25.1. The molecule has 3 rings (SSSR count). The number of ether oxygens (including phenoxy) is 2. The van der Waals surface area contributed by atoms with Crippen molar-refractivity contribution in [2.45, 2.75) is 17.9 Å². The molecule has 7 nitrogen and oxygen atoms in total. The lowest BCUT2D eigenvalue weighted by Crippen LogP contribution is -2.72. The van der Waals surface area contributed by atoms with E-state index in [0.29, 0.717) is 0 Å². The molecule has 29 heavy (non-hydrogen) atoms. The van der Waals surface area contributed by atoms with E-state index < -0.39 is 35.7 Å². The van der Waals surface area contributed by atoms with Crippen LogP contribution in [0, 0.1) is 5.92 Å². The predicted molar refractivity (Wildman–Crippen MR) is 97.1 cm³/mol. The topological polar surface area (TPSA) is 96.9 Å². The van der Waals surface area contributed by atoms with Crippen molar-refractivity contribution < 1.29 is 37.3 Å². The molecule has 0 saturated carbocycles. The van der Waals surface area contributed by atoms with E-state index in [1.807, 2.05) is 0 Å². The second-order valence-corrected chi connectivity index (χ2v) is 7.22. The van der Waals surface area contributed by atoms with E-state index in [4.69, 9.17) is 9.47 Å². The standard InChI is InChI=1S/C18H17F3N2O5S/c1-27-9-5-6-11(28-2)10(8-9)14-13(15(24)12-4-3-7-29-12)17(26,18(19,20)21)23-16(25)22-14/h3-8,13-14,26H,1-2H3,(H2,22,23,25)/t13-,14+,17-/m1/s1. The lowest BCUT2D eigenvalue weighted by atomic mass is 9.78. The van der Waals surface area contributed by atoms with Crippen LogP contribution in [0.2, 0.25) is 0 Å². The third-order valence-electron chi connectivity index (χ3n) is 4.62. The lowest BCUT2D eigenvalue weighted by Gasteiger charge is -2.45. The van der Waals surface area contributed by atoms with E-state index in [2.05, 4.69) is 5.32 Å². The first kappa shape index (κ1) is 20.9. The average molecular weight is 430 g/mol. The molecule has 0 radical (unpaired) electrons. The van der Waals surface area contributed by atoms with E-state index in [-0.39, 0.29) is 21.9 Å². The molecule has 2 amide bonds. The van der Waals surface area contributed by atoms with Crippen LogP contribution in [0.25, 0.3) is 0 Å². The number of Topliss-reactive ketones (excluding diaryl/α,β-unsaturated/α-hetero) is 1. The predicted octanol–water partition coefficient (Wildman–Crippen LogP) is 2.87. The minimum absolute atomic E-state index is 0.00230. The summed E-state index contributed by atoms with van der Waals surface area (Å²) in [6.45, 7) is 0. The van der Waals surface area contributed by atoms with Gasteiger partial charge in [-0.2, -0.15) is 13.2 Å². The van der Waals surface area contributed by atoms with Crippen molar-refractivity contribution in [1.29, 1.82) is 0 Å². The number of thiophene rings is 1. The highest BCUT2D eigenvalue weighted by atomic mass is 32.1. The number of aliphatic hydroxyl groups is 1. The zero-order chi connectivity index (χ0) is 21.4. The van der Waals surface area contributed by atoms with Crippen molar-refractivity contribution in [3.63, 3.8) is 0 Å². The van der Waals surface area contributed by atoms with Gasteiger partial charge >= 0.3 is 12.2 Å². The highest BCUT2D eigenvalue weighted by molar-refractivity contribution is 7.12. The molecule has 2 aromatic rings. The van der Waals surface area contributed by atoms with Crippen molar-refractivity contribution in [2.75, 3.05) is 14.2 Å². The van der Waals surface area contributed by atoms with Gasteiger partial charge in [-0.1, -0.05) is 6.07 Å². The summed E-state index contributed by atoms with van der Waals surface area (Å²) in [5, 5.41) is 15.9. The quantitative estimate of drug-likeness (QED) is 0.634. The van der Waals surface area contributed by atoms with Gasteiger partial charge in [0.05, 0.1) is 25.1 Å². The minimum Gasteiger partial charge on any atom is -0.497 e. The van der Waals surface area contributed by atoms with E-state index >= 15 is 0 Å². The number of nitrogens with one attached hydrogen (secondary N) is 2. The average Bonchev–Trinajstić information content (AvgIpc) is 3.20. The molecule has 0 spiro atoms. The SMILES string of the molecule is COc1ccc(OC)c([C@@H]2NC(=O)N[C@](O)(C(F)(F)F)[C@H]2C(=O)c2cccs2)c1. The molecule has 156 valence electrons. The van der Waals surface area contributed by atoms with Crippen LogP contribution in [0.4, 0.5) is 18.0 Å². The van der Waals surface area contributed by atoms with Gasteiger partial charge in [-0.15, -0.1) is 11.3 Å². The Kier molecular flexibility index (Phi) is 5.46. The molecule has 0 unspecified atom stereocenters. The fourth-order valence-corrected chi connectivity index (χ4v) is 3.96. The van der Waals surface area contributed by atoms with Crippen molar-refractivity contribution in [1.82, 2.24) is 10.6 Å². The van der Waals surface area contributed by atoms with E-state index in [1.54, 1.807) is 0 Å². The van der Waals surface area contributed by atoms with Crippen LogP contribution in [0.3, 0.4) is 0 Å². The number of amides is 2. The summed E-state index contributed by atoms with van der Waals surface area (Å²) in [6, 6.07) is 4.31. The molecule has 11 heteroatoms. The maximum Gasteiger partial charge on any atom is 0.437 e. The summed E-state index contributed by atoms with van der Waals surface area (Å²) in [5.74, 6) is -2.72. The van der Waals surface area contributed by atoms with Crippen LogP contribution in [0.1, 0.15) is 21.3 Å². The molecule has 3 atom stereocenters. The highest BCUT2D eigenvalue weighted by Crippen LogP contribution is 2.46. The number of urea groups is 1. The number of halogens is 3. The molecular formula is C18H17F3N2O5S. The smallest absolute Gasteiger partial charge is 0.437 e. The fourth-order valence-electron chi connectivity index (χ4n) is 3.25. The molecule has 2 heterocycles. The minimum atomic E-state index is -5.33. The maximum absolute atomic E-state index is 13.9. The summed E-state index contributed by atoms with van der Waals surface area (Å²) < 4.78 is 51.9. The number of carbonyl (C=O) groups excluding carboxylic acids is 2. The summed E-state index contributed by atoms with van der Waals surface area (Å²) in [7, 11) is 2.65. The lowest BCUT2D eigenvalue weighted by molar-refractivity contribution is -0.287. The number of methoxy groups -OCH3 is 2. The van der Waals surface area contributed by atoms with Crippen LogP contribution in [-0.2, 0) is 0 Å². The van der Waals surface area contributed by atoms with Crippen LogP contribution in [0.15, 0.2) is 35.7 Å². The number of alkyl halides is 3. The third kappa shape index (κ3) is 3.62. The van der Waals surface area contributed by atoms with Crippen LogP contribution >= 0.6 is 11.3 Å². The third-order valence-corrected chi connectivity index (χ3v) is 5.51. The molecule has 1 aromatic carbocycles. The fraction of sp³-hybridized carbons (Fsp3) is 0.333. The maximum atomic E-state index is 13.9. The number of hydrogen-bond donors (Lipinski definition) is 3. The van der Waals surface area contributed by atoms with Gasteiger partial charge in [0.1, 0.15) is 17.4 Å². The van der Waals surface area contributed by atoms with Gasteiger partial charge in [0, 0.05) is 5.56 Å². The largest absolute Gasteiger partial charge is 0.497 e. The Morgan fingerprint density at radius 3 is 2.52 bits per heavy atom. The van der Waals surface area contributed by atoms with Gasteiger partial charge in [-0.3, -0.25) is 4.79 Å². The van der Waals surface area contributed by atoms with Crippen molar-refractivity contribution >= 4 is 23.2 Å². The van der Waals surface area contributed by atoms with Gasteiger partial charge in [0.2, 0.25) is 5.72 Å². The molecule has 0 bridgehead atoms. The molecule has 3 N–H and O–H groups in total. The Balaban J connectivity index is 2.22. The molecule has 1 fully saturated rings. The van der Waals surface area contributed by atoms with E-state index in [0.717, 1.165) is 11.3 Å². The molecule has 0 aliphatic carbocycles. The number of carbonyl (C=O) groups is 2. The Morgan fingerprint density at radius 1 is 1.24 bits per heavy atom. The van der Waals surface area contributed by atoms with Gasteiger partial charge in [-0.05, 0) is 29.6 Å². The second kappa shape index (κ2) is 7.56. The Hall–Kier alpha value is -2.79. The number of hydrogen-bond acceptors (Lipinski definition) is 6. The van der Waals surface area contributed by atoms with Gasteiger partial charge in [0.15, 0.2) is 5.78 Å². The Bertz CT molecular complexity index is 919. The van der Waals surface area contributed by atoms with Crippen molar-refractivity contribution in [3.05, 3.63) is 46.2 Å². The molecule has 1 saturated heterocycles. The normalized spacial score (nSPS) is 24.4. The second-order valence-electron chi connectivity index (χ2n) is 6.27. The first-order valence-corrected chi connectivity index (χ1v) is 9.17. The molecular weight excluding hydrogens is 413 g/mol. The van der Waals surface area contributed by atoms with Crippen LogP contribution in [-0.4, -0.2) is 43.0 Å². The van der Waals surface area contributed by atoms with E-state index in [9.17, 15) is 27.9 Å². The summed E-state index contributed by atoms with van der Waals surface area (Å²) in [6.07, 6.45) is -5.33. The van der Waals surface area contributed by atoms with Crippen molar-refractivity contribution in [2.24, 2.45) is 5.92 Å². The van der Waals surface area contributed by atoms with Gasteiger partial charge in [0.25, 0.3) is 0 Å². The van der Waals surface area contributed by atoms with Crippen LogP contribution < -0.4 is 20.1 Å². The monoisotopic (exact) mass is 430 g/mol. The number of benzene rings is 1. The number of rotatable bonds is 5. The van der Waals surface area contributed by atoms with Gasteiger partial charge < -0.3 is 25.2 Å². The van der Waals surface area contributed by atoms with Gasteiger partial charge in [-0.25, -0.2) is 4.79 Å². The van der Waals surface area contributed by atoms with E-state index in [1.165, 1.54) is 55.2 Å². The van der Waals surface area contributed by atoms with Crippen molar-refractivity contribution in [3.8, 4) is 11.5 Å². The zero-order valence-electron chi connectivity index (χ0n) is 15.2. The molecule has 1 aromatic heterocycles. The highest BCUT2D eigenvalue weighted by Gasteiger charge is 2.66. The molecule has 1 aliphatic rings. The summed E-state index contributed by atoms with van der Waals surface area (Å²) >= 11 is 0.927. The number of ketones is 1. The Labute approximate surface area is 167 Å². The first-order valence-electron chi connectivity index (χ1n) is 8.29. The molecule has 1 aliphatic heterocycles. The van der Waals surface area contributed by atoms with Crippen LogP contribution in [0.5, 0.6) is 11.5 Å². The first-order chi connectivity index (χ1) is 13.6. The summed E-state index contributed by atoms with van der Waals surface area (Å²) in [5.41, 5.74) is -3.74.